The second kappa shape index (κ2) is 11.2. The lowest BCUT2D eigenvalue weighted by molar-refractivity contribution is -0.130. The Morgan fingerprint density at radius 1 is 1.02 bits per heavy atom. The van der Waals surface area contributed by atoms with Crippen LogP contribution in [0.4, 0.5) is 5.69 Å². The monoisotopic (exact) mass is 633 g/mol. The molecule has 13 heteroatoms. The Morgan fingerprint density at radius 2 is 1.74 bits per heavy atom. The number of hydrogen-bond donors (Lipinski definition) is 2. The number of anilines is 1. The number of aromatic hydroxyl groups is 1. The van der Waals surface area contributed by atoms with Crippen LogP contribution >= 0.6 is 23.2 Å². The standard InChI is InChI=1S/C29H29Cl2N3O7S/c1-32(2)28(36)22-13-16(35)15-33(22)27-20(31)10-11-21-26(27)25(18-7-5-6-8-19(18)30)29(37)34(21)42(38,39)24-12-9-17(40-3)14-23(24)41-4/h5-12,14,16,22,35,37H,13,15H2,1-4H3/t16-,22+/m1/s1. The maximum Gasteiger partial charge on any atom is 0.274 e. The number of aliphatic hydroxyl groups excluding tert-OH is 1. The van der Waals surface area contributed by atoms with Crippen molar-refractivity contribution in [1.82, 2.24) is 8.87 Å². The molecule has 2 N–H and O–H groups in total. The summed E-state index contributed by atoms with van der Waals surface area (Å²) in [5.41, 5.74) is 0.807. The highest BCUT2D eigenvalue weighted by Crippen LogP contribution is 2.51. The molecule has 1 aliphatic rings. The molecule has 0 spiro atoms. The number of carbonyl (C=O) groups is 1. The summed E-state index contributed by atoms with van der Waals surface area (Å²) in [5, 5.41) is 23.1. The molecular weight excluding hydrogens is 605 g/mol. The number of nitrogens with zero attached hydrogens (tertiary/aromatic N) is 3. The molecule has 1 amide bonds. The molecule has 2 atom stereocenters. The second-order valence-corrected chi connectivity index (χ2v) is 12.6. The van der Waals surface area contributed by atoms with E-state index in [-0.39, 0.29) is 61.7 Å². The lowest BCUT2D eigenvalue weighted by Gasteiger charge is -2.29. The molecule has 2 heterocycles. The number of hydrogen-bond acceptors (Lipinski definition) is 8. The van der Waals surface area contributed by atoms with E-state index < -0.39 is 28.0 Å². The first-order valence-electron chi connectivity index (χ1n) is 12.9. The smallest absolute Gasteiger partial charge is 0.274 e. The summed E-state index contributed by atoms with van der Waals surface area (Å²) in [6.45, 7) is 0.0516. The minimum Gasteiger partial charge on any atom is -0.497 e. The van der Waals surface area contributed by atoms with Gasteiger partial charge in [0.15, 0.2) is 0 Å². The van der Waals surface area contributed by atoms with E-state index in [1.54, 1.807) is 43.3 Å². The number of aromatic nitrogens is 1. The number of halogens is 2. The Morgan fingerprint density at radius 3 is 2.38 bits per heavy atom. The SMILES string of the molecule is COc1ccc(S(=O)(=O)n2c(O)c(-c3ccccc3Cl)c3c(N4C[C@H](O)C[C@H]4C(=O)N(C)C)c(Cl)ccc32)c(OC)c1. The van der Waals surface area contributed by atoms with Crippen molar-refractivity contribution in [3.05, 3.63) is 64.6 Å². The Kier molecular flexibility index (Phi) is 7.97. The number of likely N-dealkylation sites (N-methyl/N-ethyl adjacent to an activating group) is 1. The molecule has 10 nitrogen and oxygen atoms in total. The second-order valence-electron chi connectivity index (χ2n) is 10.0. The van der Waals surface area contributed by atoms with Gasteiger partial charge in [-0.3, -0.25) is 4.79 Å². The van der Waals surface area contributed by atoms with Crippen LogP contribution in [-0.2, 0) is 14.8 Å². The first kappa shape index (κ1) is 29.8. The van der Waals surface area contributed by atoms with Gasteiger partial charge in [-0.05, 0) is 30.3 Å². The number of aliphatic hydroxyl groups is 1. The minimum absolute atomic E-state index is 0.00314. The van der Waals surface area contributed by atoms with Crippen LogP contribution in [0, 0.1) is 0 Å². The van der Waals surface area contributed by atoms with Gasteiger partial charge in [-0.2, -0.15) is 0 Å². The number of β-amino-alcohol motifs (C(OH)–C–C–N with tert-alkyl or cyclic N) is 1. The highest BCUT2D eigenvalue weighted by molar-refractivity contribution is 7.90. The molecule has 4 aromatic rings. The van der Waals surface area contributed by atoms with Crippen molar-refractivity contribution in [3.63, 3.8) is 0 Å². The Labute approximate surface area is 253 Å². The fraction of sp³-hybridized carbons (Fsp3) is 0.276. The molecule has 0 unspecified atom stereocenters. The predicted octanol–water partition coefficient (Wildman–Crippen LogP) is 4.60. The van der Waals surface area contributed by atoms with Crippen molar-refractivity contribution in [1.29, 1.82) is 0 Å². The van der Waals surface area contributed by atoms with E-state index in [4.69, 9.17) is 32.7 Å². The maximum absolute atomic E-state index is 14.3. The molecule has 1 aromatic heterocycles. The van der Waals surface area contributed by atoms with E-state index in [9.17, 15) is 23.4 Å². The van der Waals surface area contributed by atoms with Crippen LogP contribution in [0.5, 0.6) is 17.4 Å². The van der Waals surface area contributed by atoms with Crippen LogP contribution in [0.3, 0.4) is 0 Å². The van der Waals surface area contributed by atoms with E-state index in [1.165, 1.54) is 49.5 Å². The van der Waals surface area contributed by atoms with Gasteiger partial charge in [-0.1, -0.05) is 41.4 Å². The molecule has 0 aliphatic carbocycles. The van der Waals surface area contributed by atoms with Crippen molar-refractivity contribution in [2.75, 3.05) is 39.8 Å². The largest absolute Gasteiger partial charge is 0.497 e. The fourth-order valence-electron chi connectivity index (χ4n) is 5.42. The number of carbonyl (C=O) groups excluding carboxylic acids is 1. The average molecular weight is 635 g/mol. The van der Waals surface area contributed by atoms with Crippen LogP contribution in [0.15, 0.2) is 59.5 Å². The van der Waals surface area contributed by atoms with Crippen molar-refractivity contribution in [2.24, 2.45) is 0 Å². The number of rotatable bonds is 7. The molecule has 0 radical (unpaired) electrons. The molecule has 1 aliphatic heterocycles. The Hall–Kier alpha value is -3.64. The molecule has 5 rings (SSSR count). The van der Waals surface area contributed by atoms with Crippen LogP contribution in [0.1, 0.15) is 6.42 Å². The number of fused-ring (bicyclic) bond motifs is 1. The van der Waals surface area contributed by atoms with Gasteiger partial charge in [-0.25, -0.2) is 12.4 Å². The van der Waals surface area contributed by atoms with Crippen LogP contribution < -0.4 is 14.4 Å². The Balaban J connectivity index is 1.89. The first-order chi connectivity index (χ1) is 19.9. The maximum atomic E-state index is 14.3. The van der Waals surface area contributed by atoms with Gasteiger partial charge < -0.3 is 29.5 Å². The van der Waals surface area contributed by atoms with Crippen LogP contribution in [0.25, 0.3) is 22.0 Å². The number of methoxy groups -OCH3 is 2. The fourth-order valence-corrected chi connectivity index (χ4v) is 7.48. The van der Waals surface area contributed by atoms with Crippen molar-refractivity contribution in [3.8, 4) is 28.5 Å². The van der Waals surface area contributed by atoms with Crippen molar-refractivity contribution in [2.45, 2.75) is 23.5 Å². The minimum atomic E-state index is -4.51. The van der Waals surface area contributed by atoms with E-state index in [0.29, 0.717) is 11.3 Å². The summed E-state index contributed by atoms with van der Waals surface area (Å²) in [6, 6.07) is 13.1. The lowest BCUT2D eigenvalue weighted by Crippen LogP contribution is -2.43. The zero-order valence-corrected chi connectivity index (χ0v) is 25.5. The predicted molar refractivity (Wildman–Crippen MR) is 162 cm³/mol. The molecule has 1 fully saturated rings. The molecular formula is C29H29Cl2N3O7S. The summed E-state index contributed by atoms with van der Waals surface area (Å²) in [4.78, 5) is 16.1. The molecule has 0 bridgehead atoms. The molecule has 42 heavy (non-hydrogen) atoms. The lowest BCUT2D eigenvalue weighted by atomic mass is 10.0. The van der Waals surface area contributed by atoms with Crippen LogP contribution in [0.2, 0.25) is 10.0 Å². The summed E-state index contributed by atoms with van der Waals surface area (Å²) in [6.07, 6.45) is -0.712. The van der Waals surface area contributed by atoms with Crippen LogP contribution in [-0.4, -0.2) is 80.4 Å². The van der Waals surface area contributed by atoms with Gasteiger partial charge in [0.1, 0.15) is 22.4 Å². The van der Waals surface area contributed by atoms with Gasteiger partial charge in [-0.15, -0.1) is 0 Å². The van der Waals surface area contributed by atoms with Gasteiger partial charge in [0.2, 0.25) is 11.8 Å². The summed E-state index contributed by atoms with van der Waals surface area (Å²) in [5.74, 6) is -0.501. The zero-order valence-electron chi connectivity index (χ0n) is 23.2. The average Bonchev–Trinajstić information content (AvgIpc) is 3.49. The third-order valence-corrected chi connectivity index (χ3v) is 9.69. The molecule has 3 aromatic carbocycles. The van der Waals surface area contributed by atoms with Gasteiger partial charge >= 0.3 is 0 Å². The summed E-state index contributed by atoms with van der Waals surface area (Å²) in [7, 11) is 1.48. The zero-order chi connectivity index (χ0) is 30.5. The number of ether oxygens (including phenoxy) is 2. The Bertz CT molecular complexity index is 1810. The third kappa shape index (κ3) is 4.80. The van der Waals surface area contributed by atoms with E-state index in [0.717, 1.165) is 3.97 Å². The molecule has 222 valence electrons. The van der Waals surface area contributed by atoms with E-state index in [1.807, 2.05) is 0 Å². The van der Waals surface area contributed by atoms with E-state index in [2.05, 4.69) is 0 Å². The quantitative estimate of drug-likeness (QED) is 0.303. The summed E-state index contributed by atoms with van der Waals surface area (Å²) >= 11 is 13.4. The van der Waals surface area contributed by atoms with Crippen molar-refractivity contribution >= 4 is 55.7 Å². The highest BCUT2D eigenvalue weighted by atomic mass is 35.5. The van der Waals surface area contributed by atoms with Gasteiger partial charge in [0, 0.05) is 49.1 Å². The molecule has 1 saturated heterocycles. The normalized spacial score (nSPS) is 17.1. The van der Waals surface area contributed by atoms with Crippen molar-refractivity contribution < 1.29 is 32.9 Å². The highest BCUT2D eigenvalue weighted by Gasteiger charge is 2.41. The van der Waals surface area contributed by atoms with Gasteiger partial charge in [0.25, 0.3) is 10.0 Å². The van der Waals surface area contributed by atoms with Gasteiger partial charge in [0.05, 0.1) is 42.1 Å². The first-order valence-corrected chi connectivity index (χ1v) is 15.1. The van der Waals surface area contributed by atoms with E-state index >= 15 is 0 Å². The topological polar surface area (TPSA) is 122 Å². The number of benzene rings is 3. The number of amides is 1. The molecule has 0 saturated carbocycles. The summed E-state index contributed by atoms with van der Waals surface area (Å²) < 4.78 is 40.0. The third-order valence-electron chi connectivity index (χ3n) is 7.32.